The lowest BCUT2D eigenvalue weighted by Crippen LogP contribution is -2.44. The zero-order valence-corrected chi connectivity index (χ0v) is 12.0. The molecule has 0 spiro atoms. The molecule has 0 amide bonds. The van der Waals surface area contributed by atoms with Crippen LogP contribution >= 0.6 is 11.8 Å². The maximum atomic E-state index is 4.01. The zero-order valence-electron chi connectivity index (χ0n) is 11.2. The van der Waals surface area contributed by atoms with Crippen molar-refractivity contribution in [2.75, 3.05) is 6.26 Å². The number of nitrogens with one attached hydrogen (secondary N) is 1. The quantitative estimate of drug-likeness (QED) is 0.817. The van der Waals surface area contributed by atoms with E-state index in [0.717, 1.165) is 29.2 Å². The maximum absolute atomic E-state index is 4.01. The van der Waals surface area contributed by atoms with Gasteiger partial charge in [0.2, 0.25) is 0 Å². The van der Waals surface area contributed by atoms with Crippen molar-refractivity contribution in [3.63, 3.8) is 0 Å². The first-order chi connectivity index (χ1) is 8.36. The lowest BCUT2D eigenvalue weighted by molar-refractivity contribution is 0.247. The van der Waals surface area contributed by atoms with Gasteiger partial charge in [0.25, 0.3) is 0 Å². The van der Waals surface area contributed by atoms with E-state index >= 15 is 0 Å². The second-order valence-corrected chi connectivity index (χ2v) is 7.52. The van der Waals surface area contributed by atoms with Crippen molar-refractivity contribution >= 4 is 11.8 Å². The Labute approximate surface area is 111 Å². The molecule has 0 aromatic carbocycles. The summed E-state index contributed by atoms with van der Waals surface area (Å²) in [4.78, 5) is 0. The Bertz CT molecular complexity index is 251. The van der Waals surface area contributed by atoms with Crippen molar-refractivity contribution in [3.8, 4) is 0 Å². The minimum atomic E-state index is 0.827. The van der Waals surface area contributed by atoms with Crippen LogP contribution in [0, 0.1) is 11.8 Å². The molecule has 2 heteroatoms. The lowest BCUT2D eigenvalue weighted by Gasteiger charge is -2.33. The maximum Gasteiger partial charge on any atom is 0.0198 e. The summed E-state index contributed by atoms with van der Waals surface area (Å²) in [5.74, 6) is 2.20. The molecule has 98 valence electrons. The van der Waals surface area contributed by atoms with Crippen LogP contribution in [-0.4, -0.2) is 23.6 Å². The fourth-order valence-corrected chi connectivity index (χ4v) is 5.02. The molecule has 1 nitrogen and oxygen atoms in total. The Morgan fingerprint density at radius 2 is 1.71 bits per heavy atom. The number of hydrogen-bond acceptors (Lipinski definition) is 2. The Morgan fingerprint density at radius 3 is 2.47 bits per heavy atom. The van der Waals surface area contributed by atoms with Gasteiger partial charge in [-0.05, 0) is 56.6 Å². The average Bonchev–Trinajstić information content (AvgIpc) is 3.11. The molecule has 0 bridgehead atoms. The fraction of sp³-hybridized carbons (Fsp3) is 1.00. The highest BCUT2D eigenvalue weighted by Crippen LogP contribution is 2.44. The van der Waals surface area contributed by atoms with Crippen LogP contribution in [0.5, 0.6) is 0 Å². The Morgan fingerprint density at radius 1 is 0.882 bits per heavy atom. The fourth-order valence-electron chi connectivity index (χ4n) is 4.08. The van der Waals surface area contributed by atoms with E-state index in [4.69, 9.17) is 0 Å². The number of hydrogen-bond donors (Lipinski definition) is 1. The summed E-state index contributed by atoms with van der Waals surface area (Å²) < 4.78 is 0. The molecular weight excluding hydrogens is 226 g/mol. The monoisotopic (exact) mass is 253 g/mol. The molecule has 0 saturated heterocycles. The number of thioether (sulfide) groups is 1. The van der Waals surface area contributed by atoms with Gasteiger partial charge in [-0.3, -0.25) is 0 Å². The summed E-state index contributed by atoms with van der Waals surface area (Å²) in [7, 11) is 0. The summed E-state index contributed by atoms with van der Waals surface area (Å²) in [6.07, 6.45) is 15.6. The van der Waals surface area contributed by atoms with E-state index in [9.17, 15) is 0 Å². The third-order valence-corrected chi connectivity index (χ3v) is 6.38. The molecule has 3 aliphatic carbocycles. The highest BCUT2D eigenvalue weighted by Gasteiger charge is 2.36. The average molecular weight is 253 g/mol. The molecule has 4 unspecified atom stereocenters. The Kier molecular flexibility index (Phi) is 4.01. The standard InChI is InChI=1S/C15H27NS/c1-17-15-7-3-6-14(15)16-13-5-2-4-12(10-13)11-8-9-11/h11-16H,2-10H2,1H3. The number of rotatable bonds is 4. The minimum absolute atomic E-state index is 0.827. The van der Waals surface area contributed by atoms with E-state index < -0.39 is 0 Å². The van der Waals surface area contributed by atoms with Crippen LogP contribution in [0.1, 0.15) is 57.8 Å². The SMILES string of the molecule is CSC1CCCC1NC1CCCC(C2CC2)C1. The first-order valence-electron chi connectivity index (χ1n) is 7.65. The summed E-state index contributed by atoms with van der Waals surface area (Å²) in [6.45, 7) is 0. The van der Waals surface area contributed by atoms with Crippen molar-refractivity contribution in [2.24, 2.45) is 11.8 Å². The van der Waals surface area contributed by atoms with Crippen molar-refractivity contribution in [3.05, 3.63) is 0 Å². The van der Waals surface area contributed by atoms with Gasteiger partial charge in [-0.2, -0.15) is 11.8 Å². The van der Waals surface area contributed by atoms with Gasteiger partial charge < -0.3 is 5.32 Å². The summed E-state index contributed by atoms with van der Waals surface area (Å²) in [5.41, 5.74) is 0. The van der Waals surface area contributed by atoms with E-state index in [2.05, 4.69) is 23.3 Å². The third-order valence-electron chi connectivity index (χ3n) is 5.21. The van der Waals surface area contributed by atoms with Crippen molar-refractivity contribution in [1.82, 2.24) is 5.32 Å². The Hall–Kier alpha value is 0.310. The Balaban J connectivity index is 1.50. The smallest absolute Gasteiger partial charge is 0.0198 e. The lowest BCUT2D eigenvalue weighted by atomic mass is 9.82. The van der Waals surface area contributed by atoms with Crippen LogP contribution < -0.4 is 5.32 Å². The zero-order chi connectivity index (χ0) is 11.7. The van der Waals surface area contributed by atoms with E-state index in [1.807, 2.05) is 0 Å². The van der Waals surface area contributed by atoms with Gasteiger partial charge >= 0.3 is 0 Å². The van der Waals surface area contributed by atoms with Crippen molar-refractivity contribution in [2.45, 2.75) is 75.1 Å². The van der Waals surface area contributed by atoms with Crippen LogP contribution in [0.25, 0.3) is 0 Å². The van der Waals surface area contributed by atoms with Gasteiger partial charge in [0.05, 0.1) is 0 Å². The molecule has 0 aromatic heterocycles. The van der Waals surface area contributed by atoms with Crippen LogP contribution in [0.3, 0.4) is 0 Å². The largest absolute Gasteiger partial charge is 0.310 e. The topological polar surface area (TPSA) is 12.0 Å². The molecular formula is C15H27NS. The highest BCUT2D eigenvalue weighted by atomic mass is 32.2. The van der Waals surface area contributed by atoms with Crippen LogP contribution in [0.2, 0.25) is 0 Å². The van der Waals surface area contributed by atoms with Crippen LogP contribution in [-0.2, 0) is 0 Å². The highest BCUT2D eigenvalue weighted by molar-refractivity contribution is 7.99. The van der Waals surface area contributed by atoms with Crippen molar-refractivity contribution in [1.29, 1.82) is 0 Å². The van der Waals surface area contributed by atoms with E-state index in [1.165, 1.54) is 57.8 Å². The molecule has 0 aliphatic heterocycles. The van der Waals surface area contributed by atoms with E-state index in [-0.39, 0.29) is 0 Å². The normalized spacial score (nSPS) is 42.9. The molecule has 0 radical (unpaired) electrons. The van der Waals surface area contributed by atoms with Gasteiger partial charge in [0.1, 0.15) is 0 Å². The predicted molar refractivity (Wildman–Crippen MR) is 76.5 cm³/mol. The molecule has 17 heavy (non-hydrogen) atoms. The molecule has 3 fully saturated rings. The molecule has 3 saturated carbocycles. The van der Waals surface area contributed by atoms with Gasteiger partial charge in [0.15, 0.2) is 0 Å². The molecule has 4 atom stereocenters. The van der Waals surface area contributed by atoms with Crippen molar-refractivity contribution < 1.29 is 0 Å². The summed E-state index contributed by atoms with van der Waals surface area (Å²) in [5, 5.41) is 4.91. The summed E-state index contributed by atoms with van der Waals surface area (Å²) in [6, 6.07) is 1.68. The molecule has 0 heterocycles. The molecule has 3 aliphatic rings. The third kappa shape index (κ3) is 3.01. The van der Waals surface area contributed by atoms with Gasteiger partial charge in [0, 0.05) is 17.3 Å². The van der Waals surface area contributed by atoms with Gasteiger partial charge in [-0.15, -0.1) is 0 Å². The first kappa shape index (κ1) is 12.3. The van der Waals surface area contributed by atoms with Crippen LogP contribution in [0.4, 0.5) is 0 Å². The predicted octanol–water partition coefficient (Wildman–Crippen LogP) is 3.83. The second-order valence-electron chi connectivity index (χ2n) is 6.44. The summed E-state index contributed by atoms with van der Waals surface area (Å²) >= 11 is 2.09. The van der Waals surface area contributed by atoms with Gasteiger partial charge in [-0.1, -0.05) is 19.3 Å². The first-order valence-corrected chi connectivity index (χ1v) is 8.94. The second kappa shape index (κ2) is 5.52. The van der Waals surface area contributed by atoms with Gasteiger partial charge in [-0.25, -0.2) is 0 Å². The van der Waals surface area contributed by atoms with E-state index in [1.54, 1.807) is 0 Å². The molecule has 3 rings (SSSR count). The van der Waals surface area contributed by atoms with E-state index in [0.29, 0.717) is 0 Å². The minimum Gasteiger partial charge on any atom is -0.310 e. The molecule has 0 aromatic rings. The molecule has 1 N–H and O–H groups in total. The van der Waals surface area contributed by atoms with Crippen LogP contribution in [0.15, 0.2) is 0 Å².